The van der Waals surface area contributed by atoms with Crippen LogP contribution in [0.25, 0.3) is 0 Å². The highest BCUT2D eigenvalue weighted by atomic mass is 79.9. The van der Waals surface area contributed by atoms with E-state index in [0.717, 1.165) is 0 Å². The second-order valence-electron chi connectivity index (χ2n) is 1.65. The fraction of sp³-hybridized carbons (Fsp3) is 0.250. The summed E-state index contributed by atoms with van der Waals surface area (Å²) in [5.74, 6) is 0. The van der Waals surface area contributed by atoms with Crippen LogP contribution in [0.4, 0.5) is 0 Å². The van der Waals surface area contributed by atoms with Crippen molar-refractivity contribution in [3.63, 3.8) is 0 Å². The SMILES string of the molecule is [2H]c1c([2H])c(CC)c([2H])c([2H])c1Br. The first-order valence-corrected chi connectivity index (χ1v) is 3.54. The average Bonchev–Trinajstić information content (AvgIpc) is 2.13. The van der Waals surface area contributed by atoms with Crippen LogP contribution in [0.2, 0.25) is 0 Å². The number of rotatable bonds is 1. The third kappa shape index (κ3) is 1.83. The van der Waals surface area contributed by atoms with Gasteiger partial charge in [-0.15, -0.1) is 0 Å². The van der Waals surface area contributed by atoms with Crippen LogP contribution in [-0.4, -0.2) is 0 Å². The zero-order valence-electron chi connectivity index (χ0n) is 9.09. The van der Waals surface area contributed by atoms with E-state index in [-0.39, 0.29) is 28.6 Å². The van der Waals surface area contributed by atoms with E-state index in [4.69, 9.17) is 5.48 Å². The second kappa shape index (κ2) is 3.02. The topological polar surface area (TPSA) is 0 Å². The Morgan fingerprint density at radius 3 is 2.44 bits per heavy atom. The van der Waals surface area contributed by atoms with Crippen LogP contribution in [0.5, 0.6) is 0 Å². The van der Waals surface area contributed by atoms with Crippen LogP contribution in [0.15, 0.2) is 28.6 Å². The molecule has 0 saturated heterocycles. The van der Waals surface area contributed by atoms with Gasteiger partial charge in [-0.25, -0.2) is 0 Å². The first-order valence-electron chi connectivity index (χ1n) is 4.75. The molecular weight excluding hydrogens is 176 g/mol. The van der Waals surface area contributed by atoms with Gasteiger partial charge in [0.25, 0.3) is 0 Å². The van der Waals surface area contributed by atoms with Gasteiger partial charge in [-0.05, 0) is 24.1 Å². The van der Waals surface area contributed by atoms with Gasteiger partial charge in [-0.1, -0.05) is 34.9 Å². The summed E-state index contributed by atoms with van der Waals surface area (Å²) in [6.07, 6.45) is 0.517. The maximum atomic E-state index is 7.55. The lowest BCUT2D eigenvalue weighted by atomic mass is 10.2. The predicted molar refractivity (Wildman–Crippen MR) is 43.5 cm³/mol. The molecule has 0 aromatic heterocycles. The Balaban J connectivity index is 3.56. The molecule has 0 fully saturated rings. The molecule has 0 bridgehead atoms. The molecule has 48 valence electrons. The fourth-order valence-corrected chi connectivity index (χ4v) is 0.698. The van der Waals surface area contributed by atoms with Gasteiger partial charge in [0.15, 0.2) is 0 Å². The molecule has 0 nitrogen and oxygen atoms in total. The highest BCUT2D eigenvalue weighted by Gasteiger charge is 1.86. The van der Waals surface area contributed by atoms with Gasteiger partial charge >= 0.3 is 0 Å². The molecule has 0 saturated carbocycles. The van der Waals surface area contributed by atoms with E-state index in [1.807, 2.05) is 6.92 Å². The smallest absolute Gasteiger partial charge is 0.0613 e. The zero-order valence-corrected chi connectivity index (χ0v) is 6.67. The van der Waals surface area contributed by atoms with Crippen LogP contribution in [0.3, 0.4) is 0 Å². The molecule has 0 atom stereocenters. The summed E-state index contributed by atoms with van der Waals surface area (Å²) in [6.45, 7) is 1.82. The molecule has 0 spiro atoms. The summed E-state index contributed by atoms with van der Waals surface area (Å²) in [5.41, 5.74) is 0.471. The molecule has 1 rings (SSSR count). The van der Waals surface area contributed by atoms with E-state index in [2.05, 4.69) is 15.9 Å². The summed E-state index contributed by atoms with van der Waals surface area (Å²) in [5, 5.41) is 0. The highest BCUT2D eigenvalue weighted by Crippen LogP contribution is 2.10. The van der Waals surface area contributed by atoms with Crippen molar-refractivity contribution >= 4 is 15.9 Å². The molecule has 1 heteroatoms. The molecule has 0 aliphatic carbocycles. The molecule has 9 heavy (non-hydrogen) atoms. The average molecular weight is 189 g/mol. The summed E-state index contributed by atoms with van der Waals surface area (Å²) in [6, 6.07) is 0.0986. The molecule has 0 unspecified atom stereocenters. The Morgan fingerprint density at radius 2 is 2.00 bits per heavy atom. The predicted octanol–water partition coefficient (Wildman–Crippen LogP) is 3.01. The summed E-state index contributed by atoms with van der Waals surface area (Å²) >= 11 is 3.03. The van der Waals surface area contributed by atoms with Gasteiger partial charge in [-0.3, -0.25) is 0 Å². The normalized spacial score (nSPS) is 15.8. The lowest BCUT2D eigenvalue weighted by Gasteiger charge is -1.93. The van der Waals surface area contributed by atoms with E-state index in [1.54, 1.807) is 0 Å². The number of halogens is 1. The third-order valence-corrected chi connectivity index (χ3v) is 1.40. The Morgan fingerprint density at radius 1 is 1.44 bits per heavy atom. The molecule has 0 N–H and O–H groups in total. The quantitative estimate of drug-likeness (QED) is 0.636. The Kier molecular flexibility index (Phi) is 1.07. The molecule has 1 aromatic carbocycles. The second-order valence-corrected chi connectivity index (χ2v) is 2.44. The summed E-state index contributed by atoms with van der Waals surface area (Å²) < 4.78 is 30.3. The lowest BCUT2D eigenvalue weighted by Crippen LogP contribution is -1.75. The van der Waals surface area contributed by atoms with Crippen molar-refractivity contribution in [3.05, 3.63) is 34.2 Å². The lowest BCUT2D eigenvalue weighted by molar-refractivity contribution is 1.14. The zero-order chi connectivity index (χ0) is 10.2. The van der Waals surface area contributed by atoms with Gasteiger partial charge in [0, 0.05) is 4.47 Å². The number of hydrogen-bond donors (Lipinski definition) is 0. The van der Waals surface area contributed by atoms with Crippen molar-refractivity contribution in [1.82, 2.24) is 0 Å². The van der Waals surface area contributed by atoms with E-state index < -0.39 is 0 Å². The summed E-state index contributed by atoms with van der Waals surface area (Å²) in [4.78, 5) is 0. The van der Waals surface area contributed by atoms with Gasteiger partial charge in [0.2, 0.25) is 0 Å². The van der Waals surface area contributed by atoms with Crippen LogP contribution >= 0.6 is 15.9 Å². The Bertz CT molecular complexity index is 319. The van der Waals surface area contributed by atoms with Crippen LogP contribution in [-0.2, 0) is 6.42 Å². The van der Waals surface area contributed by atoms with Gasteiger partial charge in [0.1, 0.15) is 0 Å². The van der Waals surface area contributed by atoms with Gasteiger partial charge in [0.05, 0.1) is 5.48 Å². The molecular formula is C8H9Br. The molecule has 0 radical (unpaired) electrons. The van der Waals surface area contributed by atoms with Crippen LogP contribution < -0.4 is 0 Å². The standard InChI is InChI=1S/C8H9Br/c1-2-7-3-5-8(9)6-4-7/h3-6H,2H2,1H3/i3D,4D,5D,6D. The first kappa shape index (κ1) is 3.20. The Hall–Kier alpha value is -0.300. The highest BCUT2D eigenvalue weighted by molar-refractivity contribution is 9.10. The van der Waals surface area contributed by atoms with Crippen molar-refractivity contribution in [2.75, 3.05) is 0 Å². The molecule has 0 aliphatic heterocycles. The molecule has 1 aromatic rings. The minimum atomic E-state index is -0.00199. The largest absolute Gasteiger partial charge is 0.0635 e. The van der Waals surface area contributed by atoms with Gasteiger partial charge < -0.3 is 0 Å². The molecule has 0 heterocycles. The monoisotopic (exact) mass is 188 g/mol. The van der Waals surface area contributed by atoms with Crippen molar-refractivity contribution in [2.24, 2.45) is 0 Å². The van der Waals surface area contributed by atoms with E-state index in [0.29, 0.717) is 12.0 Å². The Labute approximate surface area is 69.6 Å². The van der Waals surface area contributed by atoms with E-state index >= 15 is 0 Å². The van der Waals surface area contributed by atoms with Crippen molar-refractivity contribution in [2.45, 2.75) is 13.3 Å². The minimum absolute atomic E-state index is 0.00199. The maximum Gasteiger partial charge on any atom is 0.0635 e. The third-order valence-electron chi connectivity index (χ3n) is 1.000. The van der Waals surface area contributed by atoms with E-state index in [1.165, 1.54) is 0 Å². The van der Waals surface area contributed by atoms with Crippen molar-refractivity contribution < 1.29 is 5.48 Å². The van der Waals surface area contributed by atoms with Crippen molar-refractivity contribution in [1.29, 1.82) is 0 Å². The number of benzene rings is 1. The van der Waals surface area contributed by atoms with E-state index in [9.17, 15) is 0 Å². The van der Waals surface area contributed by atoms with Crippen molar-refractivity contribution in [3.8, 4) is 0 Å². The summed E-state index contributed by atoms with van der Waals surface area (Å²) in [7, 11) is 0. The van der Waals surface area contributed by atoms with Crippen LogP contribution in [0.1, 0.15) is 18.0 Å². The minimum Gasteiger partial charge on any atom is -0.0613 e. The molecule has 0 amide bonds. The first-order chi connectivity index (χ1) is 6.00. The van der Waals surface area contributed by atoms with Crippen LogP contribution in [0, 0.1) is 0 Å². The van der Waals surface area contributed by atoms with Gasteiger partial charge in [-0.2, -0.15) is 0 Å². The fourth-order valence-electron chi connectivity index (χ4n) is 0.500. The number of hydrogen-bond acceptors (Lipinski definition) is 0. The maximum absolute atomic E-state index is 7.55. The molecule has 0 aliphatic rings.